The third kappa shape index (κ3) is 3.97. The zero-order valence-corrected chi connectivity index (χ0v) is 16.5. The topological polar surface area (TPSA) is 129 Å². The van der Waals surface area contributed by atoms with Crippen LogP contribution < -0.4 is 10.3 Å². The average molecular weight is 426 g/mol. The molecular formula is C19H12ClN5O3S. The Kier molecular flexibility index (Phi) is 5.37. The molecule has 10 heteroatoms. The van der Waals surface area contributed by atoms with Gasteiger partial charge in [-0.05, 0) is 43.3 Å². The van der Waals surface area contributed by atoms with Crippen LogP contribution in [0.5, 0.6) is 0 Å². The number of nitrogens with zero attached hydrogens (tertiary/aromatic N) is 4. The number of aryl methyl sites for hydroxylation is 1. The summed E-state index contributed by atoms with van der Waals surface area (Å²) in [5.74, 6) is 0. The number of halogens is 1. The summed E-state index contributed by atoms with van der Waals surface area (Å²) < 4.78 is 28.3. The molecule has 0 atom stereocenters. The molecule has 0 bridgehead atoms. The summed E-state index contributed by atoms with van der Waals surface area (Å²) in [4.78, 5) is 12.7. The van der Waals surface area contributed by atoms with Crippen molar-refractivity contribution >= 4 is 27.3 Å². The molecule has 29 heavy (non-hydrogen) atoms. The van der Waals surface area contributed by atoms with E-state index in [0.29, 0.717) is 5.02 Å². The molecule has 1 aromatic heterocycles. The Bertz CT molecular complexity index is 1330. The number of anilines is 1. The van der Waals surface area contributed by atoms with Gasteiger partial charge in [0.15, 0.2) is 5.69 Å². The van der Waals surface area contributed by atoms with Gasteiger partial charge in [0.1, 0.15) is 23.4 Å². The number of hydrogen-bond acceptors (Lipinski definition) is 6. The van der Waals surface area contributed by atoms with E-state index < -0.39 is 32.5 Å². The molecule has 0 fully saturated rings. The van der Waals surface area contributed by atoms with Gasteiger partial charge in [0.2, 0.25) is 0 Å². The molecule has 8 nitrogen and oxygen atoms in total. The smallest absolute Gasteiger partial charge is 0.275 e. The molecule has 0 spiro atoms. The van der Waals surface area contributed by atoms with E-state index in [1.807, 2.05) is 0 Å². The van der Waals surface area contributed by atoms with Crippen molar-refractivity contribution in [3.8, 4) is 17.8 Å². The third-order valence-electron chi connectivity index (χ3n) is 3.95. The van der Waals surface area contributed by atoms with Crippen LogP contribution in [0.4, 0.5) is 5.69 Å². The number of hydrogen-bond donors (Lipinski definition) is 1. The molecule has 0 aliphatic rings. The summed E-state index contributed by atoms with van der Waals surface area (Å²) in [5.41, 5.74) is -1.21. The van der Waals surface area contributed by atoms with Gasteiger partial charge in [-0.25, -0.2) is 8.42 Å². The SMILES string of the molecule is Cc1ccc(S(=O)(=O)Nc2c(C#N)nn(-c3ccc(Cl)cc3)c(=O)c2C#N)cc1. The molecule has 144 valence electrons. The lowest BCUT2D eigenvalue weighted by Gasteiger charge is -2.13. The van der Waals surface area contributed by atoms with Crippen LogP contribution >= 0.6 is 11.6 Å². The average Bonchev–Trinajstić information content (AvgIpc) is 2.69. The first kappa shape index (κ1) is 20.1. The van der Waals surface area contributed by atoms with E-state index in [1.165, 1.54) is 36.4 Å². The molecule has 1 heterocycles. The Morgan fingerprint density at radius 1 is 1.03 bits per heavy atom. The molecule has 0 saturated carbocycles. The number of aromatic nitrogens is 2. The third-order valence-corrected chi connectivity index (χ3v) is 5.57. The maximum atomic E-state index is 12.7. The van der Waals surface area contributed by atoms with Gasteiger partial charge in [-0.15, -0.1) is 0 Å². The normalized spacial score (nSPS) is 10.8. The Labute approximate surface area is 171 Å². The minimum Gasteiger partial charge on any atom is -0.275 e. The van der Waals surface area contributed by atoms with E-state index in [1.54, 1.807) is 31.2 Å². The zero-order valence-electron chi connectivity index (χ0n) is 14.9. The lowest BCUT2D eigenvalue weighted by molar-refractivity contribution is 0.601. The number of nitrogens with one attached hydrogen (secondary N) is 1. The van der Waals surface area contributed by atoms with Crippen molar-refractivity contribution in [3.63, 3.8) is 0 Å². The van der Waals surface area contributed by atoms with Crippen molar-refractivity contribution in [1.82, 2.24) is 9.78 Å². The molecule has 0 radical (unpaired) electrons. The lowest BCUT2D eigenvalue weighted by atomic mass is 10.2. The minimum absolute atomic E-state index is 0.0854. The first-order chi connectivity index (χ1) is 13.8. The van der Waals surface area contributed by atoms with E-state index in [9.17, 15) is 23.7 Å². The van der Waals surface area contributed by atoms with Gasteiger partial charge >= 0.3 is 0 Å². The molecule has 0 unspecified atom stereocenters. The predicted molar refractivity (Wildman–Crippen MR) is 106 cm³/mol. The van der Waals surface area contributed by atoms with Crippen LogP contribution in [-0.2, 0) is 10.0 Å². The van der Waals surface area contributed by atoms with E-state index in [0.717, 1.165) is 10.2 Å². The summed E-state index contributed by atoms with van der Waals surface area (Å²) in [5, 5.41) is 23.3. The summed E-state index contributed by atoms with van der Waals surface area (Å²) in [6.45, 7) is 1.80. The molecule has 0 aliphatic heterocycles. The Morgan fingerprint density at radius 3 is 2.21 bits per heavy atom. The van der Waals surface area contributed by atoms with Crippen LogP contribution in [-0.4, -0.2) is 18.2 Å². The van der Waals surface area contributed by atoms with Crippen LogP contribution in [0.3, 0.4) is 0 Å². The van der Waals surface area contributed by atoms with Crippen molar-refractivity contribution in [1.29, 1.82) is 10.5 Å². The van der Waals surface area contributed by atoms with Crippen molar-refractivity contribution in [2.75, 3.05) is 4.72 Å². The van der Waals surface area contributed by atoms with E-state index in [4.69, 9.17) is 11.6 Å². The molecule has 0 amide bonds. The van der Waals surface area contributed by atoms with Crippen molar-refractivity contribution in [3.05, 3.63) is 80.7 Å². The van der Waals surface area contributed by atoms with Crippen LogP contribution in [0, 0.1) is 29.6 Å². The summed E-state index contributed by atoms with van der Waals surface area (Å²) in [6.07, 6.45) is 0. The first-order valence-corrected chi connectivity index (χ1v) is 9.96. The summed E-state index contributed by atoms with van der Waals surface area (Å²) in [6, 6.07) is 15.3. The Hall–Kier alpha value is -3.66. The highest BCUT2D eigenvalue weighted by Crippen LogP contribution is 2.22. The second kappa shape index (κ2) is 7.76. The van der Waals surface area contributed by atoms with Crippen LogP contribution in [0.25, 0.3) is 5.69 Å². The van der Waals surface area contributed by atoms with Crippen molar-refractivity contribution in [2.45, 2.75) is 11.8 Å². The van der Waals surface area contributed by atoms with Gasteiger partial charge in [-0.2, -0.15) is 20.3 Å². The van der Waals surface area contributed by atoms with Gasteiger partial charge in [0, 0.05) is 5.02 Å². The predicted octanol–water partition coefficient (Wildman–Crippen LogP) is 2.74. The number of nitriles is 2. The standard InChI is InChI=1S/C19H12ClN5O3S/c1-12-2-8-15(9-3-12)29(27,28)24-18-16(10-21)19(26)25(23-17(18)11-22)14-6-4-13(20)5-7-14/h2-9,24H,1H3. The van der Waals surface area contributed by atoms with Gasteiger partial charge in [0.25, 0.3) is 15.6 Å². The van der Waals surface area contributed by atoms with Crippen molar-refractivity contribution < 1.29 is 8.42 Å². The van der Waals surface area contributed by atoms with Crippen LogP contribution in [0.1, 0.15) is 16.8 Å². The molecule has 3 rings (SSSR count). The van der Waals surface area contributed by atoms with Gasteiger partial charge in [0.05, 0.1) is 10.6 Å². The highest BCUT2D eigenvalue weighted by atomic mass is 35.5. The maximum absolute atomic E-state index is 12.7. The summed E-state index contributed by atoms with van der Waals surface area (Å²) >= 11 is 5.83. The number of sulfonamides is 1. The fraction of sp³-hybridized carbons (Fsp3) is 0.0526. The second-order valence-corrected chi connectivity index (χ2v) is 8.05. The number of benzene rings is 2. The fourth-order valence-electron chi connectivity index (χ4n) is 2.48. The molecule has 0 aliphatic carbocycles. The first-order valence-electron chi connectivity index (χ1n) is 8.10. The Morgan fingerprint density at radius 2 is 1.66 bits per heavy atom. The molecule has 0 saturated heterocycles. The largest absolute Gasteiger partial charge is 0.291 e. The monoisotopic (exact) mass is 425 g/mol. The molecule has 2 aromatic carbocycles. The maximum Gasteiger partial charge on any atom is 0.291 e. The molecular weight excluding hydrogens is 414 g/mol. The second-order valence-electron chi connectivity index (χ2n) is 5.93. The number of rotatable bonds is 4. The molecule has 1 N–H and O–H groups in total. The van der Waals surface area contributed by atoms with E-state index in [2.05, 4.69) is 9.82 Å². The van der Waals surface area contributed by atoms with Crippen LogP contribution in [0.15, 0.2) is 58.2 Å². The quantitative estimate of drug-likeness (QED) is 0.684. The van der Waals surface area contributed by atoms with E-state index in [-0.39, 0.29) is 10.6 Å². The highest BCUT2D eigenvalue weighted by molar-refractivity contribution is 7.92. The van der Waals surface area contributed by atoms with Crippen molar-refractivity contribution in [2.24, 2.45) is 0 Å². The highest BCUT2D eigenvalue weighted by Gasteiger charge is 2.24. The van der Waals surface area contributed by atoms with Gasteiger partial charge in [-0.3, -0.25) is 9.52 Å². The fourth-order valence-corrected chi connectivity index (χ4v) is 3.68. The van der Waals surface area contributed by atoms with Gasteiger partial charge < -0.3 is 0 Å². The zero-order chi connectivity index (χ0) is 21.2. The Balaban J connectivity index is 2.17. The molecule has 3 aromatic rings. The van der Waals surface area contributed by atoms with Crippen LogP contribution in [0.2, 0.25) is 5.02 Å². The van der Waals surface area contributed by atoms with Gasteiger partial charge in [-0.1, -0.05) is 29.3 Å². The summed E-state index contributed by atoms with van der Waals surface area (Å²) in [7, 11) is -4.15. The lowest BCUT2D eigenvalue weighted by Crippen LogP contribution is -2.28. The minimum atomic E-state index is -4.15. The van der Waals surface area contributed by atoms with E-state index >= 15 is 0 Å².